The van der Waals surface area contributed by atoms with Crippen LogP contribution in [0.15, 0.2) is 29.9 Å². The lowest BCUT2D eigenvalue weighted by Crippen LogP contribution is -2.13. The van der Waals surface area contributed by atoms with E-state index in [9.17, 15) is 4.79 Å². The summed E-state index contributed by atoms with van der Waals surface area (Å²) in [5, 5.41) is 4.72. The van der Waals surface area contributed by atoms with Gasteiger partial charge in [-0.2, -0.15) is 0 Å². The number of aryl methyl sites for hydroxylation is 2. The summed E-state index contributed by atoms with van der Waals surface area (Å²) in [6.07, 6.45) is 1.38. The highest BCUT2D eigenvalue weighted by molar-refractivity contribution is 7.18. The van der Waals surface area contributed by atoms with E-state index in [0.29, 0.717) is 16.9 Å². The van der Waals surface area contributed by atoms with Crippen LogP contribution in [-0.2, 0) is 0 Å². The minimum atomic E-state index is -0.184. The fourth-order valence-corrected chi connectivity index (χ4v) is 3.12. The molecule has 0 saturated carbocycles. The van der Waals surface area contributed by atoms with Gasteiger partial charge in [0.2, 0.25) is 0 Å². The Morgan fingerprint density at radius 3 is 2.67 bits per heavy atom. The fourth-order valence-electron chi connectivity index (χ4n) is 2.22. The molecule has 0 bridgehead atoms. The normalized spacial score (nSPS) is 10.8. The largest absolute Gasteiger partial charge is 0.382 e. The van der Waals surface area contributed by atoms with Crippen LogP contribution >= 0.6 is 11.3 Å². The Hall–Kier alpha value is -2.47. The number of aromatic nitrogens is 2. The van der Waals surface area contributed by atoms with Crippen molar-refractivity contribution in [3.63, 3.8) is 0 Å². The van der Waals surface area contributed by atoms with Gasteiger partial charge in [-0.25, -0.2) is 9.97 Å². The number of hydrogen-bond acceptors (Lipinski definition) is 5. The second-order valence-electron chi connectivity index (χ2n) is 4.81. The summed E-state index contributed by atoms with van der Waals surface area (Å²) in [5.74, 6) is 0.216. The lowest BCUT2D eigenvalue weighted by atomic mass is 10.1. The molecule has 106 valence electrons. The van der Waals surface area contributed by atoms with Gasteiger partial charge in [0.1, 0.15) is 12.1 Å². The van der Waals surface area contributed by atoms with Gasteiger partial charge >= 0.3 is 0 Å². The van der Waals surface area contributed by atoms with Gasteiger partial charge < -0.3 is 11.1 Å². The smallest absolute Gasteiger partial charge is 0.258 e. The lowest BCUT2D eigenvalue weighted by molar-refractivity contribution is 0.102. The minimum Gasteiger partial charge on any atom is -0.382 e. The van der Waals surface area contributed by atoms with E-state index >= 15 is 0 Å². The highest BCUT2D eigenvalue weighted by atomic mass is 32.1. The van der Waals surface area contributed by atoms with Crippen molar-refractivity contribution in [2.75, 3.05) is 11.1 Å². The molecule has 1 amide bonds. The summed E-state index contributed by atoms with van der Waals surface area (Å²) in [6.45, 7) is 3.93. The van der Waals surface area contributed by atoms with Crippen molar-refractivity contribution in [3.8, 4) is 0 Å². The number of thiophene rings is 1. The van der Waals surface area contributed by atoms with Crippen molar-refractivity contribution < 1.29 is 4.79 Å². The standard InChI is InChI=1S/C15H14N4OS/c1-8-4-3-5-9(2)11(8)19-15(20)10-6-21-13-12(10)17-7-18-14(13)16/h3-7H,1-2H3,(H,19,20)(H2,16,17,18). The molecule has 3 rings (SSSR count). The molecule has 0 aliphatic carbocycles. The van der Waals surface area contributed by atoms with Gasteiger partial charge in [-0.15, -0.1) is 11.3 Å². The van der Waals surface area contributed by atoms with E-state index < -0.39 is 0 Å². The highest BCUT2D eigenvalue weighted by Crippen LogP contribution is 2.28. The second-order valence-corrected chi connectivity index (χ2v) is 5.69. The molecule has 0 aliphatic rings. The quantitative estimate of drug-likeness (QED) is 0.761. The average molecular weight is 298 g/mol. The topological polar surface area (TPSA) is 80.9 Å². The SMILES string of the molecule is Cc1cccc(C)c1NC(=O)c1csc2c(N)ncnc12. The van der Waals surface area contributed by atoms with Crippen LogP contribution in [0.5, 0.6) is 0 Å². The Balaban J connectivity index is 2.00. The molecule has 3 N–H and O–H groups in total. The second kappa shape index (κ2) is 5.14. The van der Waals surface area contributed by atoms with Gasteiger partial charge in [0.05, 0.1) is 15.8 Å². The van der Waals surface area contributed by atoms with Crippen LogP contribution in [0.3, 0.4) is 0 Å². The molecule has 1 aromatic carbocycles. The molecule has 0 unspecified atom stereocenters. The molecule has 6 heteroatoms. The Kier molecular flexibility index (Phi) is 3.31. The first-order chi connectivity index (χ1) is 10.1. The third-order valence-electron chi connectivity index (χ3n) is 3.35. The number of benzene rings is 1. The predicted molar refractivity (Wildman–Crippen MR) is 85.7 cm³/mol. The summed E-state index contributed by atoms with van der Waals surface area (Å²) in [7, 11) is 0. The van der Waals surface area contributed by atoms with Crippen molar-refractivity contribution in [1.82, 2.24) is 9.97 Å². The maximum Gasteiger partial charge on any atom is 0.258 e. The number of nitrogens with zero attached hydrogens (tertiary/aromatic N) is 2. The lowest BCUT2D eigenvalue weighted by Gasteiger charge is -2.10. The van der Waals surface area contributed by atoms with Gasteiger partial charge in [0, 0.05) is 11.1 Å². The number of hydrogen-bond donors (Lipinski definition) is 2. The number of rotatable bonds is 2. The molecular weight excluding hydrogens is 284 g/mol. The van der Waals surface area contributed by atoms with E-state index in [1.807, 2.05) is 32.0 Å². The van der Waals surface area contributed by atoms with Crippen LogP contribution in [0.1, 0.15) is 21.5 Å². The molecule has 0 saturated heterocycles. The third-order valence-corrected chi connectivity index (χ3v) is 4.34. The summed E-state index contributed by atoms with van der Waals surface area (Å²) in [4.78, 5) is 20.6. The molecule has 0 spiro atoms. The van der Waals surface area contributed by atoms with E-state index in [0.717, 1.165) is 21.5 Å². The number of fused-ring (bicyclic) bond motifs is 1. The Morgan fingerprint density at radius 1 is 1.24 bits per heavy atom. The summed E-state index contributed by atoms with van der Waals surface area (Å²) >= 11 is 1.38. The zero-order chi connectivity index (χ0) is 15.0. The maximum atomic E-state index is 12.5. The zero-order valence-corrected chi connectivity index (χ0v) is 12.5. The van der Waals surface area contributed by atoms with E-state index in [1.54, 1.807) is 5.38 Å². The molecule has 0 aliphatic heterocycles. The summed E-state index contributed by atoms with van der Waals surface area (Å²) < 4.78 is 0.740. The van der Waals surface area contributed by atoms with Crippen LogP contribution in [0.4, 0.5) is 11.5 Å². The first-order valence-corrected chi connectivity index (χ1v) is 7.31. The number of para-hydroxylation sites is 1. The Labute approximate surface area is 125 Å². The first kappa shape index (κ1) is 13.5. The van der Waals surface area contributed by atoms with Crippen molar-refractivity contribution in [2.24, 2.45) is 0 Å². The predicted octanol–water partition coefficient (Wildman–Crippen LogP) is 3.14. The Morgan fingerprint density at radius 2 is 1.95 bits per heavy atom. The summed E-state index contributed by atoms with van der Waals surface area (Å²) in [6, 6.07) is 5.90. The molecular formula is C15H14N4OS. The Bertz CT molecular complexity index is 821. The van der Waals surface area contributed by atoms with Crippen LogP contribution in [0, 0.1) is 13.8 Å². The van der Waals surface area contributed by atoms with Crippen molar-refractivity contribution in [2.45, 2.75) is 13.8 Å². The highest BCUT2D eigenvalue weighted by Gasteiger charge is 2.16. The van der Waals surface area contributed by atoms with E-state index in [1.165, 1.54) is 17.7 Å². The van der Waals surface area contributed by atoms with Gasteiger partial charge in [0.15, 0.2) is 0 Å². The first-order valence-electron chi connectivity index (χ1n) is 6.43. The number of nitrogens with two attached hydrogens (primary N) is 1. The number of carbonyl (C=O) groups excluding carboxylic acids is 1. The number of carbonyl (C=O) groups is 1. The zero-order valence-electron chi connectivity index (χ0n) is 11.7. The molecule has 5 nitrogen and oxygen atoms in total. The number of anilines is 2. The fraction of sp³-hybridized carbons (Fsp3) is 0.133. The van der Waals surface area contributed by atoms with Crippen LogP contribution in [0.25, 0.3) is 10.2 Å². The molecule has 2 aromatic heterocycles. The number of nitrogens with one attached hydrogen (secondary N) is 1. The summed E-state index contributed by atoms with van der Waals surface area (Å²) in [5.41, 5.74) is 9.80. The monoisotopic (exact) mass is 298 g/mol. The van der Waals surface area contributed by atoms with E-state index in [4.69, 9.17) is 5.73 Å². The average Bonchev–Trinajstić information content (AvgIpc) is 2.88. The minimum absolute atomic E-state index is 0.184. The van der Waals surface area contributed by atoms with Crippen LogP contribution < -0.4 is 11.1 Å². The number of nitrogen functional groups attached to an aromatic ring is 1. The molecule has 3 aromatic rings. The van der Waals surface area contributed by atoms with Crippen molar-refractivity contribution >= 4 is 39.0 Å². The third kappa shape index (κ3) is 2.34. The molecule has 21 heavy (non-hydrogen) atoms. The molecule has 0 radical (unpaired) electrons. The molecule has 2 heterocycles. The van der Waals surface area contributed by atoms with Gasteiger partial charge in [-0.05, 0) is 25.0 Å². The van der Waals surface area contributed by atoms with Gasteiger partial charge in [0.25, 0.3) is 5.91 Å². The van der Waals surface area contributed by atoms with E-state index in [-0.39, 0.29) is 5.91 Å². The van der Waals surface area contributed by atoms with Crippen LogP contribution in [0.2, 0.25) is 0 Å². The van der Waals surface area contributed by atoms with Crippen molar-refractivity contribution in [1.29, 1.82) is 0 Å². The van der Waals surface area contributed by atoms with Gasteiger partial charge in [-0.1, -0.05) is 18.2 Å². The van der Waals surface area contributed by atoms with Gasteiger partial charge in [-0.3, -0.25) is 4.79 Å². The van der Waals surface area contributed by atoms with Crippen LogP contribution in [-0.4, -0.2) is 15.9 Å². The number of amides is 1. The molecule has 0 atom stereocenters. The van der Waals surface area contributed by atoms with Crippen molar-refractivity contribution in [3.05, 3.63) is 46.6 Å². The van der Waals surface area contributed by atoms with E-state index in [2.05, 4.69) is 15.3 Å². The maximum absolute atomic E-state index is 12.5. The molecule has 0 fully saturated rings.